The SMILES string of the molecule is Cc1cc(C#CCO)cc(C(=O)N2CCCC(CO)C2)c1. The summed E-state index contributed by atoms with van der Waals surface area (Å²) >= 11 is 0. The molecule has 0 spiro atoms. The molecule has 0 radical (unpaired) electrons. The Morgan fingerprint density at radius 3 is 2.90 bits per heavy atom. The molecular weight excluding hydrogens is 266 g/mol. The average molecular weight is 287 g/mol. The van der Waals surface area contributed by atoms with Gasteiger partial charge in [-0.2, -0.15) is 0 Å². The number of piperidine rings is 1. The van der Waals surface area contributed by atoms with Crippen molar-refractivity contribution in [3.63, 3.8) is 0 Å². The van der Waals surface area contributed by atoms with Crippen molar-refractivity contribution in [1.82, 2.24) is 4.90 Å². The smallest absolute Gasteiger partial charge is 0.253 e. The molecule has 1 amide bonds. The van der Waals surface area contributed by atoms with E-state index in [1.165, 1.54) is 0 Å². The molecule has 2 N–H and O–H groups in total. The number of aliphatic hydroxyl groups excluding tert-OH is 2. The molecule has 0 bridgehead atoms. The molecule has 0 aliphatic carbocycles. The zero-order chi connectivity index (χ0) is 15.2. The first-order chi connectivity index (χ1) is 10.1. The average Bonchev–Trinajstić information content (AvgIpc) is 2.51. The molecule has 0 aromatic heterocycles. The zero-order valence-corrected chi connectivity index (χ0v) is 12.3. The Bertz CT molecular complexity index is 571. The maximum atomic E-state index is 12.6. The fraction of sp³-hybridized carbons (Fsp3) is 0.471. The lowest BCUT2D eigenvalue weighted by Gasteiger charge is -2.32. The third-order valence-electron chi connectivity index (χ3n) is 3.70. The summed E-state index contributed by atoms with van der Waals surface area (Å²) in [6.45, 7) is 3.21. The zero-order valence-electron chi connectivity index (χ0n) is 12.3. The molecule has 112 valence electrons. The quantitative estimate of drug-likeness (QED) is 0.803. The van der Waals surface area contributed by atoms with Gasteiger partial charge in [0.05, 0.1) is 0 Å². The van der Waals surface area contributed by atoms with Gasteiger partial charge in [0.25, 0.3) is 5.91 Å². The fourth-order valence-corrected chi connectivity index (χ4v) is 2.70. The van der Waals surface area contributed by atoms with Crippen molar-refractivity contribution in [1.29, 1.82) is 0 Å². The van der Waals surface area contributed by atoms with Crippen LogP contribution in [0.3, 0.4) is 0 Å². The van der Waals surface area contributed by atoms with Crippen LogP contribution >= 0.6 is 0 Å². The maximum Gasteiger partial charge on any atom is 0.253 e. The first-order valence-corrected chi connectivity index (χ1v) is 7.25. The van der Waals surface area contributed by atoms with Crippen molar-refractivity contribution in [3.05, 3.63) is 34.9 Å². The number of rotatable bonds is 2. The summed E-state index contributed by atoms with van der Waals surface area (Å²) < 4.78 is 0. The number of hydrogen-bond acceptors (Lipinski definition) is 3. The van der Waals surface area contributed by atoms with E-state index < -0.39 is 0 Å². The summed E-state index contributed by atoms with van der Waals surface area (Å²) in [4.78, 5) is 14.4. The molecule has 0 saturated carbocycles. The van der Waals surface area contributed by atoms with Crippen LogP contribution < -0.4 is 0 Å². The first kappa shape index (κ1) is 15.6. The second-order valence-corrected chi connectivity index (χ2v) is 5.49. The molecule has 1 saturated heterocycles. The van der Waals surface area contributed by atoms with Crippen LogP contribution in [0.4, 0.5) is 0 Å². The molecule has 2 rings (SSSR count). The van der Waals surface area contributed by atoms with E-state index in [1.807, 2.05) is 24.0 Å². The van der Waals surface area contributed by atoms with E-state index in [9.17, 15) is 9.90 Å². The molecule has 1 aliphatic heterocycles. The first-order valence-electron chi connectivity index (χ1n) is 7.25. The van der Waals surface area contributed by atoms with E-state index in [1.54, 1.807) is 6.07 Å². The summed E-state index contributed by atoms with van der Waals surface area (Å²) in [7, 11) is 0. The number of aliphatic hydroxyl groups is 2. The molecule has 1 aromatic carbocycles. The van der Waals surface area contributed by atoms with Crippen LogP contribution in [-0.4, -0.2) is 47.3 Å². The summed E-state index contributed by atoms with van der Waals surface area (Å²) in [5, 5.41) is 18.0. The summed E-state index contributed by atoms with van der Waals surface area (Å²) in [6.07, 6.45) is 1.90. The van der Waals surface area contributed by atoms with Gasteiger partial charge in [-0.1, -0.05) is 11.8 Å². The van der Waals surface area contributed by atoms with Gasteiger partial charge < -0.3 is 15.1 Å². The van der Waals surface area contributed by atoms with Gasteiger partial charge in [-0.15, -0.1) is 0 Å². The molecule has 1 atom stereocenters. The number of amides is 1. The topological polar surface area (TPSA) is 60.8 Å². The van der Waals surface area contributed by atoms with Crippen molar-refractivity contribution in [2.24, 2.45) is 5.92 Å². The van der Waals surface area contributed by atoms with E-state index in [4.69, 9.17) is 5.11 Å². The number of carbonyl (C=O) groups is 1. The van der Waals surface area contributed by atoms with Gasteiger partial charge >= 0.3 is 0 Å². The largest absolute Gasteiger partial charge is 0.396 e. The summed E-state index contributed by atoms with van der Waals surface area (Å²) in [6, 6.07) is 5.52. The summed E-state index contributed by atoms with van der Waals surface area (Å²) in [5.41, 5.74) is 2.33. The van der Waals surface area contributed by atoms with Crippen LogP contribution in [0.1, 0.15) is 34.3 Å². The number of hydrogen-bond donors (Lipinski definition) is 2. The van der Waals surface area contributed by atoms with Crippen LogP contribution in [0.25, 0.3) is 0 Å². The van der Waals surface area contributed by atoms with Crippen LogP contribution in [0.5, 0.6) is 0 Å². The highest BCUT2D eigenvalue weighted by atomic mass is 16.3. The third kappa shape index (κ3) is 4.07. The lowest BCUT2D eigenvalue weighted by atomic mass is 9.97. The van der Waals surface area contributed by atoms with Gasteiger partial charge in [0.15, 0.2) is 0 Å². The molecule has 4 heteroatoms. The Morgan fingerprint density at radius 2 is 2.19 bits per heavy atom. The van der Waals surface area contributed by atoms with Gasteiger partial charge in [-0.3, -0.25) is 4.79 Å². The molecule has 4 nitrogen and oxygen atoms in total. The van der Waals surface area contributed by atoms with Crippen LogP contribution in [0, 0.1) is 24.7 Å². The Labute approximate surface area is 125 Å². The highest BCUT2D eigenvalue weighted by molar-refractivity contribution is 5.95. The van der Waals surface area contributed by atoms with Gasteiger partial charge in [-0.25, -0.2) is 0 Å². The number of benzene rings is 1. The third-order valence-corrected chi connectivity index (χ3v) is 3.70. The summed E-state index contributed by atoms with van der Waals surface area (Å²) in [5.74, 6) is 5.62. The molecule has 1 fully saturated rings. The standard InChI is InChI=1S/C17H21NO3/c1-13-8-14(5-3-7-19)10-16(9-13)17(21)18-6-2-4-15(11-18)12-20/h8-10,15,19-20H,2,4,6-7,11-12H2,1H3. The van der Waals surface area contributed by atoms with Gasteiger partial charge in [0, 0.05) is 30.8 Å². The molecule has 1 unspecified atom stereocenters. The predicted octanol–water partition coefficient (Wildman–Crippen LogP) is 1.18. The maximum absolute atomic E-state index is 12.6. The number of aryl methyl sites for hydroxylation is 1. The van der Waals surface area contributed by atoms with Crippen LogP contribution in [0.2, 0.25) is 0 Å². The lowest BCUT2D eigenvalue weighted by molar-refractivity contribution is 0.0620. The second kappa shape index (κ2) is 7.26. The van der Waals surface area contributed by atoms with E-state index in [2.05, 4.69) is 11.8 Å². The highest BCUT2D eigenvalue weighted by Gasteiger charge is 2.24. The van der Waals surface area contributed by atoms with Gasteiger partial charge in [0.1, 0.15) is 6.61 Å². The van der Waals surface area contributed by atoms with Crippen molar-refractivity contribution in [2.75, 3.05) is 26.3 Å². The Hall–Kier alpha value is -1.83. The van der Waals surface area contributed by atoms with Crippen molar-refractivity contribution < 1.29 is 15.0 Å². The van der Waals surface area contributed by atoms with E-state index in [0.29, 0.717) is 12.1 Å². The number of nitrogens with zero attached hydrogens (tertiary/aromatic N) is 1. The monoisotopic (exact) mass is 287 g/mol. The predicted molar refractivity (Wildman–Crippen MR) is 80.9 cm³/mol. The van der Waals surface area contributed by atoms with Crippen LogP contribution in [0.15, 0.2) is 18.2 Å². The normalized spacial score (nSPS) is 18.0. The fourth-order valence-electron chi connectivity index (χ4n) is 2.70. The van der Waals surface area contributed by atoms with Crippen molar-refractivity contribution >= 4 is 5.91 Å². The molecule has 1 heterocycles. The van der Waals surface area contributed by atoms with E-state index in [0.717, 1.165) is 30.5 Å². The molecule has 21 heavy (non-hydrogen) atoms. The van der Waals surface area contributed by atoms with Gasteiger partial charge in [-0.05, 0) is 49.4 Å². The Kier molecular flexibility index (Phi) is 5.38. The Morgan fingerprint density at radius 1 is 1.38 bits per heavy atom. The minimum atomic E-state index is -0.193. The Balaban J connectivity index is 2.20. The molecule has 1 aliphatic rings. The molecule has 1 aromatic rings. The van der Waals surface area contributed by atoms with Crippen LogP contribution in [-0.2, 0) is 0 Å². The van der Waals surface area contributed by atoms with Gasteiger partial charge in [0.2, 0.25) is 0 Å². The van der Waals surface area contributed by atoms with E-state index >= 15 is 0 Å². The van der Waals surface area contributed by atoms with Crippen molar-refractivity contribution in [3.8, 4) is 11.8 Å². The second-order valence-electron chi connectivity index (χ2n) is 5.49. The lowest BCUT2D eigenvalue weighted by Crippen LogP contribution is -2.41. The van der Waals surface area contributed by atoms with E-state index in [-0.39, 0.29) is 25.0 Å². The van der Waals surface area contributed by atoms with Crippen molar-refractivity contribution in [2.45, 2.75) is 19.8 Å². The minimum Gasteiger partial charge on any atom is -0.396 e. The highest BCUT2D eigenvalue weighted by Crippen LogP contribution is 2.19. The minimum absolute atomic E-state index is 0.0103. The number of carbonyl (C=O) groups excluding carboxylic acids is 1. The molecular formula is C17H21NO3. The number of likely N-dealkylation sites (tertiary alicyclic amines) is 1.